The third-order valence-corrected chi connectivity index (χ3v) is 4.58. The van der Waals surface area contributed by atoms with Crippen LogP contribution < -0.4 is 4.72 Å². The number of methoxy groups -OCH3 is 1. The number of ether oxygens (including phenoxy) is 1. The molecule has 0 unspecified atom stereocenters. The van der Waals surface area contributed by atoms with Crippen LogP contribution in [0.15, 0.2) is 23.5 Å². The maximum Gasteiger partial charge on any atom is 0.326 e. The lowest BCUT2D eigenvalue weighted by molar-refractivity contribution is -0.140. The summed E-state index contributed by atoms with van der Waals surface area (Å²) >= 11 is 0. The Kier molecular flexibility index (Phi) is 3.34. The van der Waals surface area contributed by atoms with Gasteiger partial charge in [-0.05, 0) is 31.3 Å². The van der Waals surface area contributed by atoms with Crippen molar-refractivity contribution in [3.05, 3.63) is 23.5 Å². The summed E-state index contributed by atoms with van der Waals surface area (Å²) in [5, 5.41) is 0. The molecule has 1 heterocycles. The second kappa shape index (κ2) is 4.64. The molecule has 0 atom stereocenters. The second-order valence-electron chi connectivity index (χ2n) is 4.30. The van der Waals surface area contributed by atoms with Crippen LogP contribution in [0.1, 0.15) is 25.7 Å². The summed E-state index contributed by atoms with van der Waals surface area (Å²) < 4.78 is 32.0. The summed E-state index contributed by atoms with van der Waals surface area (Å²) in [5.41, 5.74) is 2.00. The van der Waals surface area contributed by atoms with Gasteiger partial charge in [0.15, 0.2) is 0 Å². The Bertz CT molecular complexity index is 521. The quantitative estimate of drug-likeness (QED) is 0.749. The highest BCUT2D eigenvalue weighted by Gasteiger charge is 2.35. The molecule has 1 N–H and O–H groups in total. The van der Waals surface area contributed by atoms with Gasteiger partial charge in [-0.25, -0.2) is 4.31 Å². The van der Waals surface area contributed by atoms with Crippen molar-refractivity contribution < 1.29 is 17.9 Å². The normalized spacial score (nSPS) is 22.3. The van der Waals surface area contributed by atoms with Crippen molar-refractivity contribution in [2.24, 2.45) is 0 Å². The third-order valence-electron chi connectivity index (χ3n) is 3.15. The summed E-state index contributed by atoms with van der Waals surface area (Å²) in [4.78, 5) is 11.3. The van der Waals surface area contributed by atoms with Gasteiger partial charge in [0.25, 0.3) is 0 Å². The predicted octanol–water partition coefficient (Wildman–Crippen LogP) is 0.651. The van der Waals surface area contributed by atoms with Crippen molar-refractivity contribution in [1.29, 1.82) is 0 Å². The average Bonchev–Trinajstić information content (AvgIpc) is 2.33. The average molecular weight is 272 g/mol. The third kappa shape index (κ3) is 2.22. The molecule has 2 rings (SSSR count). The minimum absolute atomic E-state index is 0.294. The first kappa shape index (κ1) is 12.9. The van der Waals surface area contributed by atoms with E-state index in [1.54, 1.807) is 0 Å². The van der Waals surface area contributed by atoms with Crippen LogP contribution in [0.25, 0.3) is 0 Å². The van der Waals surface area contributed by atoms with Crippen LogP contribution in [-0.2, 0) is 19.7 Å². The molecule has 2 aliphatic rings. The molecule has 0 amide bonds. The molecular formula is C11H16N2O4S. The van der Waals surface area contributed by atoms with E-state index in [2.05, 4.69) is 16.0 Å². The number of nitrogens with zero attached hydrogens (tertiary/aromatic N) is 1. The van der Waals surface area contributed by atoms with Gasteiger partial charge in [-0.1, -0.05) is 6.58 Å². The topological polar surface area (TPSA) is 75.7 Å². The number of rotatable bonds is 2. The number of esters is 1. The number of carbonyl (C=O) groups is 1. The molecule has 7 heteroatoms. The van der Waals surface area contributed by atoms with Gasteiger partial charge >= 0.3 is 16.2 Å². The summed E-state index contributed by atoms with van der Waals surface area (Å²) in [6.45, 7) is 3.44. The Morgan fingerprint density at radius 2 is 2.11 bits per heavy atom. The van der Waals surface area contributed by atoms with Crippen LogP contribution in [0.3, 0.4) is 0 Å². The largest absolute Gasteiger partial charge is 0.468 e. The zero-order valence-electron chi connectivity index (χ0n) is 10.2. The van der Waals surface area contributed by atoms with Gasteiger partial charge in [-0.2, -0.15) is 8.42 Å². The second-order valence-corrected chi connectivity index (χ2v) is 5.90. The van der Waals surface area contributed by atoms with E-state index in [0.29, 0.717) is 17.8 Å². The fourth-order valence-corrected chi connectivity index (χ4v) is 3.58. The number of hydrogen-bond donors (Lipinski definition) is 1. The summed E-state index contributed by atoms with van der Waals surface area (Å²) in [6, 6.07) is 0. The lowest BCUT2D eigenvalue weighted by atomic mass is 9.94. The van der Waals surface area contributed by atoms with Crippen molar-refractivity contribution >= 4 is 16.2 Å². The number of carbonyl (C=O) groups excluding carboxylic acids is 1. The van der Waals surface area contributed by atoms with Crippen LogP contribution in [0.5, 0.6) is 0 Å². The summed E-state index contributed by atoms with van der Waals surface area (Å²) in [6.07, 6.45) is 3.35. The highest BCUT2D eigenvalue weighted by atomic mass is 32.2. The molecule has 1 aliphatic carbocycles. The SMILES string of the molecule is C=C1NS(=O)(=O)N(CC(=O)OC)C2=C1CCCC2. The lowest BCUT2D eigenvalue weighted by Gasteiger charge is -2.36. The van der Waals surface area contributed by atoms with Gasteiger partial charge in [0.2, 0.25) is 0 Å². The molecular weight excluding hydrogens is 256 g/mol. The smallest absolute Gasteiger partial charge is 0.326 e. The molecule has 1 aliphatic heterocycles. The molecule has 0 radical (unpaired) electrons. The predicted molar refractivity (Wildman–Crippen MR) is 65.4 cm³/mol. The van der Waals surface area contributed by atoms with Crippen LogP contribution >= 0.6 is 0 Å². The molecule has 0 aromatic rings. The first-order valence-corrected chi connectivity index (χ1v) is 7.18. The Hall–Kier alpha value is -1.50. The molecule has 0 aromatic carbocycles. The van der Waals surface area contributed by atoms with Gasteiger partial charge in [0.05, 0.1) is 7.11 Å². The van der Waals surface area contributed by atoms with Crippen LogP contribution in [0.4, 0.5) is 0 Å². The standard InChI is InChI=1S/C11H16N2O4S/c1-8-9-5-3-4-6-10(9)13(7-11(14)17-2)18(15,16)12-8/h12H,1,3-7H2,2H3. The molecule has 0 aromatic heterocycles. The molecule has 6 nitrogen and oxygen atoms in total. The van der Waals surface area contributed by atoms with Gasteiger partial charge in [-0.15, -0.1) is 0 Å². The fraction of sp³-hybridized carbons (Fsp3) is 0.545. The zero-order chi connectivity index (χ0) is 13.3. The van der Waals surface area contributed by atoms with Gasteiger partial charge in [0, 0.05) is 11.4 Å². The minimum Gasteiger partial charge on any atom is -0.468 e. The molecule has 0 fully saturated rings. The fourth-order valence-electron chi connectivity index (χ4n) is 2.27. The number of allylic oxidation sites excluding steroid dienone is 2. The van der Waals surface area contributed by atoms with Crippen molar-refractivity contribution in [2.45, 2.75) is 25.7 Å². The molecule has 100 valence electrons. The van der Waals surface area contributed by atoms with E-state index in [0.717, 1.165) is 29.1 Å². The van der Waals surface area contributed by atoms with Crippen LogP contribution in [-0.4, -0.2) is 32.3 Å². The van der Waals surface area contributed by atoms with Crippen LogP contribution in [0.2, 0.25) is 0 Å². The minimum atomic E-state index is -3.72. The molecule has 0 saturated heterocycles. The van der Waals surface area contributed by atoms with E-state index in [9.17, 15) is 13.2 Å². The maximum atomic E-state index is 12.0. The van der Waals surface area contributed by atoms with Crippen molar-refractivity contribution in [1.82, 2.24) is 9.03 Å². The monoisotopic (exact) mass is 272 g/mol. The summed E-state index contributed by atoms with van der Waals surface area (Å²) in [5.74, 6) is -0.578. The lowest BCUT2D eigenvalue weighted by Crippen LogP contribution is -2.47. The molecule has 0 spiro atoms. The van der Waals surface area contributed by atoms with Crippen molar-refractivity contribution in [2.75, 3.05) is 13.7 Å². The number of nitrogens with one attached hydrogen (secondary N) is 1. The van der Waals surface area contributed by atoms with E-state index < -0.39 is 16.2 Å². The molecule has 18 heavy (non-hydrogen) atoms. The first-order chi connectivity index (χ1) is 8.45. The Labute approximate surface area is 106 Å². The Morgan fingerprint density at radius 3 is 2.78 bits per heavy atom. The number of hydrogen-bond acceptors (Lipinski definition) is 4. The Morgan fingerprint density at radius 1 is 1.44 bits per heavy atom. The van der Waals surface area contributed by atoms with Gasteiger partial charge < -0.3 is 4.74 Å². The van der Waals surface area contributed by atoms with E-state index in [1.165, 1.54) is 7.11 Å². The maximum absolute atomic E-state index is 12.0. The van der Waals surface area contributed by atoms with Crippen molar-refractivity contribution in [3.8, 4) is 0 Å². The van der Waals surface area contributed by atoms with Crippen LogP contribution in [0, 0.1) is 0 Å². The molecule has 0 bridgehead atoms. The van der Waals surface area contributed by atoms with Crippen molar-refractivity contribution in [3.63, 3.8) is 0 Å². The van der Waals surface area contributed by atoms with E-state index in [1.807, 2.05) is 0 Å². The highest BCUT2D eigenvalue weighted by molar-refractivity contribution is 7.87. The zero-order valence-corrected chi connectivity index (χ0v) is 11.0. The van der Waals surface area contributed by atoms with Gasteiger partial charge in [0.1, 0.15) is 6.54 Å². The first-order valence-electron chi connectivity index (χ1n) is 5.74. The van der Waals surface area contributed by atoms with Gasteiger partial charge in [-0.3, -0.25) is 9.52 Å². The van der Waals surface area contributed by atoms with E-state index >= 15 is 0 Å². The van der Waals surface area contributed by atoms with E-state index in [-0.39, 0.29) is 6.54 Å². The highest BCUT2D eigenvalue weighted by Crippen LogP contribution is 2.35. The Balaban J connectivity index is 2.41. The molecule has 0 saturated carbocycles. The van der Waals surface area contributed by atoms with E-state index in [4.69, 9.17) is 0 Å². The summed E-state index contributed by atoms with van der Waals surface area (Å²) in [7, 11) is -2.49.